The van der Waals surface area contributed by atoms with Crippen LogP contribution in [0, 0.1) is 0 Å². The molecule has 0 saturated carbocycles. The molecule has 0 fully saturated rings. The fourth-order valence-corrected chi connectivity index (χ4v) is 91.1. The minimum absolute atomic E-state index is 0. The van der Waals surface area contributed by atoms with Gasteiger partial charge >= 0.3 is 0 Å². The van der Waals surface area contributed by atoms with Gasteiger partial charge in [-0.15, -0.1) is 0 Å². The summed E-state index contributed by atoms with van der Waals surface area (Å²) in [4.78, 5) is 0. The fraction of sp³-hybridized carbons (Fsp3) is 1.00. The molecule has 0 saturated heterocycles. The standard InChI is InChI=1S/C9H27Si4.Zr/c1-11(2,3)10(12(4,5)6)13(7,8)9;/h1-9H3;. The van der Waals surface area contributed by atoms with Crippen LogP contribution in [0.2, 0.25) is 58.9 Å². The quantitative estimate of drug-likeness (QED) is 0.688. The predicted molar refractivity (Wildman–Crippen MR) is 75.8 cm³/mol. The van der Waals surface area contributed by atoms with E-state index < -0.39 is 22.8 Å². The second kappa shape index (κ2) is 5.39. The normalized spacial score (nSPS) is 14.1. The van der Waals surface area contributed by atoms with Crippen molar-refractivity contribution in [2.75, 3.05) is 0 Å². The summed E-state index contributed by atoms with van der Waals surface area (Å²) in [5.41, 5.74) is 0. The van der Waals surface area contributed by atoms with Crippen LogP contribution in [0.3, 0.4) is 0 Å². The van der Waals surface area contributed by atoms with Crippen molar-refractivity contribution in [2.45, 2.75) is 58.9 Å². The van der Waals surface area contributed by atoms with Crippen molar-refractivity contribution in [3.8, 4) is 0 Å². The molecule has 0 aliphatic heterocycles. The van der Waals surface area contributed by atoms with Crippen molar-refractivity contribution in [1.82, 2.24) is 0 Å². The van der Waals surface area contributed by atoms with E-state index in [9.17, 15) is 0 Å². The molecule has 0 rings (SSSR count). The van der Waals surface area contributed by atoms with Crippen LogP contribution in [0.25, 0.3) is 0 Å². The molecule has 0 spiro atoms. The first kappa shape index (κ1) is 18.1. The van der Waals surface area contributed by atoms with Crippen LogP contribution < -0.4 is 0 Å². The molecule has 0 unspecified atom stereocenters. The number of hydrogen-bond acceptors (Lipinski definition) is 0. The summed E-state index contributed by atoms with van der Waals surface area (Å²) in [6.07, 6.45) is 0. The van der Waals surface area contributed by atoms with E-state index in [1.807, 2.05) is 0 Å². The summed E-state index contributed by atoms with van der Waals surface area (Å²) >= 11 is 0. The van der Waals surface area contributed by atoms with Crippen LogP contribution in [0.1, 0.15) is 0 Å². The summed E-state index contributed by atoms with van der Waals surface area (Å²) in [5, 5.41) is 0. The summed E-state index contributed by atoms with van der Waals surface area (Å²) in [7, 11) is -2.47. The van der Waals surface area contributed by atoms with Gasteiger partial charge in [0.2, 0.25) is 0 Å². The molecule has 5 heteroatoms. The summed E-state index contributed by atoms with van der Waals surface area (Å²) in [6.45, 7) is 23.5. The third-order valence-electron chi connectivity index (χ3n) is 2.25. The van der Waals surface area contributed by atoms with Crippen LogP contribution in [-0.2, 0) is 26.2 Å². The van der Waals surface area contributed by atoms with Crippen molar-refractivity contribution >= 4 is 30.1 Å². The average Bonchev–Trinajstić information content (AvgIpc) is 1.44. The molecule has 14 heavy (non-hydrogen) atoms. The molecule has 0 amide bonds. The maximum Gasteiger partial charge on any atom is 0.0306 e. The van der Waals surface area contributed by atoms with Gasteiger partial charge in [0.15, 0.2) is 0 Å². The topological polar surface area (TPSA) is 0 Å². The molecule has 0 aromatic heterocycles. The third-order valence-corrected chi connectivity index (χ3v) is 60.8. The Labute approximate surface area is 114 Å². The largest absolute Gasteiger partial charge is 0.0721 e. The molecular weight excluding hydrogens is 312 g/mol. The van der Waals surface area contributed by atoms with Crippen molar-refractivity contribution < 1.29 is 26.2 Å². The van der Waals surface area contributed by atoms with Crippen LogP contribution in [0.15, 0.2) is 0 Å². The minimum atomic E-state index is -0.832. The van der Waals surface area contributed by atoms with Gasteiger partial charge in [-0.2, -0.15) is 0 Å². The Hall–Kier alpha value is 1.75. The Bertz CT molecular complexity index is 139. The zero-order valence-electron chi connectivity index (χ0n) is 11.5. The molecule has 1 radical (unpaired) electrons. The van der Waals surface area contributed by atoms with E-state index in [-0.39, 0.29) is 33.6 Å². The molecule has 0 aromatic rings. The SMILES string of the molecule is C[Si](C)(C)[Si]([Si](C)(C)C)[Si](C)(C)C.[Zr]. The van der Waals surface area contributed by atoms with Gasteiger partial charge < -0.3 is 0 Å². The molecule has 0 aliphatic rings. The van der Waals surface area contributed by atoms with Crippen molar-refractivity contribution in [3.63, 3.8) is 0 Å². The van der Waals surface area contributed by atoms with Crippen molar-refractivity contribution in [2.24, 2.45) is 0 Å². The fourth-order valence-electron chi connectivity index (χ4n) is 3.38. The second-order valence-corrected chi connectivity index (χ2v) is 43.9. The van der Waals surface area contributed by atoms with E-state index in [1.54, 1.807) is 0 Å². The van der Waals surface area contributed by atoms with Crippen LogP contribution in [-0.4, -0.2) is 30.1 Å². The molecule has 0 N–H and O–H groups in total. The van der Waals surface area contributed by atoms with E-state index in [4.69, 9.17) is 0 Å². The average molecular weight is 339 g/mol. The number of rotatable bonds is 3. The van der Waals surface area contributed by atoms with E-state index in [2.05, 4.69) is 58.9 Å². The van der Waals surface area contributed by atoms with Crippen molar-refractivity contribution in [3.05, 3.63) is 0 Å². The predicted octanol–water partition coefficient (Wildman–Crippen LogP) is 3.73. The first-order valence-corrected chi connectivity index (χ1v) is 20.2. The maximum absolute atomic E-state index is 2.61. The van der Waals surface area contributed by atoms with E-state index in [0.29, 0.717) is 0 Å². The van der Waals surface area contributed by atoms with Crippen LogP contribution in [0.4, 0.5) is 0 Å². The molecular formula is C9H27Si4Zr. The van der Waals surface area contributed by atoms with Crippen LogP contribution in [0.5, 0.6) is 0 Å². The number of hydrogen-bond donors (Lipinski definition) is 0. The zero-order valence-corrected chi connectivity index (χ0v) is 18.0. The van der Waals surface area contributed by atoms with Crippen molar-refractivity contribution in [1.29, 1.82) is 0 Å². The second-order valence-electron chi connectivity index (χ2n) is 7.12. The molecule has 0 heterocycles. The van der Waals surface area contributed by atoms with Gasteiger partial charge in [0, 0.05) is 56.3 Å². The monoisotopic (exact) mass is 337 g/mol. The molecule has 83 valence electrons. The third kappa shape index (κ3) is 5.73. The summed E-state index contributed by atoms with van der Waals surface area (Å²) in [5.74, 6) is 0. The van der Waals surface area contributed by atoms with Gasteiger partial charge in [-0.25, -0.2) is 0 Å². The minimum Gasteiger partial charge on any atom is -0.0721 e. The van der Waals surface area contributed by atoms with Gasteiger partial charge in [0.1, 0.15) is 0 Å². The van der Waals surface area contributed by atoms with Gasteiger partial charge in [-0.1, -0.05) is 58.9 Å². The molecule has 0 aliphatic carbocycles. The Morgan fingerprint density at radius 3 is 0.643 bits per heavy atom. The first-order valence-electron chi connectivity index (χ1n) is 5.25. The molecule has 0 nitrogen and oxygen atoms in total. The smallest absolute Gasteiger partial charge is 0.0306 e. The summed E-state index contributed by atoms with van der Waals surface area (Å²) < 4.78 is 0. The Balaban J connectivity index is 0. The Kier molecular flexibility index (Phi) is 6.98. The van der Waals surface area contributed by atoms with Gasteiger partial charge in [0.25, 0.3) is 0 Å². The molecule has 0 atom stereocenters. The first-order chi connectivity index (χ1) is 5.37. The van der Waals surface area contributed by atoms with E-state index in [0.717, 1.165) is 0 Å². The Morgan fingerprint density at radius 1 is 0.500 bits per heavy atom. The van der Waals surface area contributed by atoms with Gasteiger partial charge in [-0.3, -0.25) is 0 Å². The Morgan fingerprint density at radius 2 is 0.643 bits per heavy atom. The molecule has 0 aromatic carbocycles. The van der Waals surface area contributed by atoms with E-state index in [1.165, 1.54) is 0 Å². The van der Waals surface area contributed by atoms with E-state index >= 15 is 0 Å². The summed E-state index contributed by atoms with van der Waals surface area (Å²) in [6, 6.07) is 0. The van der Waals surface area contributed by atoms with Gasteiger partial charge in [-0.05, 0) is 0 Å². The van der Waals surface area contributed by atoms with Crippen LogP contribution >= 0.6 is 0 Å². The molecule has 0 bridgehead atoms. The maximum atomic E-state index is 2.61. The zero-order chi connectivity index (χ0) is 11.1. The van der Waals surface area contributed by atoms with Gasteiger partial charge in [0.05, 0.1) is 0 Å².